The Labute approximate surface area is 167 Å². The van der Waals surface area contributed by atoms with Crippen molar-refractivity contribution >= 4 is 17.6 Å². The number of hydrogen-bond acceptors (Lipinski definition) is 4. The van der Waals surface area contributed by atoms with Crippen LogP contribution in [0.15, 0.2) is 30.5 Å². The molecule has 0 bridgehead atoms. The van der Waals surface area contributed by atoms with Crippen molar-refractivity contribution in [2.75, 3.05) is 5.32 Å². The highest BCUT2D eigenvalue weighted by molar-refractivity contribution is 6.07. The average Bonchev–Trinajstić information content (AvgIpc) is 2.95. The SMILES string of the molecule is O=C(O)c1ccc2c(c1)C1(CCC(Oc3ncc(C(F)(F)F)cc3F)CC1)C(=O)N2. The molecule has 30 heavy (non-hydrogen) atoms. The molecule has 1 fully saturated rings. The van der Waals surface area contributed by atoms with Crippen molar-refractivity contribution < 1.29 is 37.0 Å². The van der Waals surface area contributed by atoms with Crippen molar-refractivity contribution in [3.63, 3.8) is 0 Å². The van der Waals surface area contributed by atoms with Crippen LogP contribution < -0.4 is 10.1 Å². The van der Waals surface area contributed by atoms with E-state index in [1.165, 1.54) is 12.1 Å². The van der Waals surface area contributed by atoms with Crippen LogP contribution in [0.3, 0.4) is 0 Å². The summed E-state index contributed by atoms with van der Waals surface area (Å²) in [6.45, 7) is 0. The van der Waals surface area contributed by atoms with Crippen molar-refractivity contribution in [2.24, 2.45) is 0 Å². The van der Waals surface area contributed by atoms with Crippen molar-refractivity contribution in [1.82, 2.24) is 4.98 Å². The predicted molar refractivity (Wildman–Crippen MR) is 95.8 cm³/mol. The molecule has 1 aliphatic heterocycles. The zero-order valence-electron chi connectivity index (χ0n) is 15.4. The number of carboxylic acids is 1. The largest absolute Gasteiger partial charge is 0.478 e. The molecule has 1 aromatic carbocycles. The lowest BCUT2D eigenvalue weighted by Gasteiger charge is -2.35. The topological polar surface area (TPSA) is 88.5 Å². The van der Waals surface area contributed by atoms with Gasteiger partial charge in [-0.3, -0.25) is 4.79 Å². The van der Waals surface area contributed by atoms with Gasteiger partial charge in [0.1, 0.15) is 6.10 Å². The van der Waals surface area contributed by atoms with Crippen molar-refractivity contribution in [3.8, 4) is 5.88 Å². The summed E-state index contributed by atoms with van der Waals surface area (Å²) in [6, 6.07) is 4.78. The fourth-order valence-electron chi connectivity index (χ4n) is 4.07. The highest BCUT2D eigenvalue weighted by atomic mass is 19.4. The highest BCUT2D eigenvalue weighted by Gasteiger charge is 2.49. The maximum absolute atomic E-state index is 14.0. The molecule has 2 aliphatic rings. The third kappa shape index (κ3) is 3.35. The first-order valence-corrected chi connectivity index (χ1v) is 9.19. The molecule has 158 valence electrons. The van der Waals surface area contributed by atoms with Gasteiger partial charge in [-0.15, -0.1) is 0 Å². The van der Waals surface area contributed by atoms with Gasteiger partial charge in [-0.1, -0.05) is 0 Å². The molecular formula is C20H16F4N2O4. The first kappa shape index (κ1) is 20.1. The van der Waals surface area contributed by atoms with Gasteiger partial charge in [0.2, 0.25) is 5.91 Å². The highest BCUT2D eigenvalue weighted by Crippen LogP contribution is 2.48. The normalized spacial score (nSPS) is 23.2. The van der Waals surface area contributed by atoms with Gasteiger partial charge in [0.05, 0.1) is 16.5 Å². The van der Waals surface area contributed by atoms with Crippen LogP contribution in [0.4, 0.5) is 23.2 Å². The molecule has 1 amide bonds. The molecule has 1 saturated carbocycles. The number of halogens is 4. The zero-order valence-corrected chi connectivity index (χ0v) is 15.4. The quantitative estimate of drug-likeness (QED) is 0.723. The van der Waals surface area contributed by atoms with E-state index < -0.39 is 40.9 Å². The Bertz CT molecular complexity index is 1030. The van der Waals surface area contributed by atoms with Gasteiger partial charge < -0.3 is 15.2 Å². The summed E-state index contributed by atoms with van der Waals surface area (Å²) in [4.78, 5) is 27.4. The van der Waals surface area contributed by atoms with E-state index in [-0.39, 0.29) is 11.5 Å². The molecule has 1 aromatic heterocycles. The number of amides is 1. The number of pyridine rings is 1. The summed E-state index contributed by atoms with van der Waals surface area (Å²) >= 11 is 0. The standard InChI is InChI=1S/C20H16F4N2O4/c21-14-8-11(20(22,23)24)9-25-16(14)30-12-3-5-19(6-4-12)13-7-10(17(27)28)1-2-15(13)26-18(19)29/h1-2,7-9,12H,3-6H2,(H,26,29)(H,27,28). The average molecular weight is 424 g/mol. The zero-order chi connectivity index (χ0) is 21.7. The Morgan fingerprint density at radius 2 is 1.93 bits per heavy atom. The number of carbonyl (C=O) groups is 2. The second kappa shape index (κ2) is 6.96. The van der Waals surface area contributed by atoms with E-state index in [9.17, 15) is 32.3 Å². The number of benzene rings is 1. The van der Waals surface area contributed by atoms with Crippen LogP contribution in [0.1, 0.15) is 47.2 Å². The van der Waals surface area contributed by atoms with Crippen LogP contribution in [-0.4, -0.2) is 28.1 Å². The number of hydrogen-bond donors (Lipinski definition) is 2. The summed E-state index contributed by atoms with van der Waals surface area (Å²) in [5.41, 5.74) is -0.890. The minimum Gasteiger partial charge on any atom is -0.478 e. The molecule has 0 saturated heterocycles. The lowest BCUT2D eigenvalue weighted by molar-refractivity contribution is -0.138. The number of fused-ring (bicyclic) bond motifs is 2. The molecule has 2 heterocycles. The Hall–Kier alpha value is -3.17. The summed E-state index contributed by atoms with van der Waals surface area (Å²) < 4.78 is 57.4. The second-order valence-electron chi connectivity index (χ2n) is 7.43. The molecule has 0 unspecified atom stereocenters. The number of carboxylic acid groups (broad SMARTS) is 1. The number of ether oxygens (including phenoxy) is 1. The van der Waals surface area contributed by atoms with Crippen LogP contribution in [0.25, 0.3) is 0 Å². The van der Waals surface area contributed by atoms with Crippen molar-refractivity contribution in [1.29, 1.82) is 0 Å². The van der Waals surface area contributed by atoms with Crippen LogP contribution >= 0.6 is 0 Å². The number of aromatic nitrogens is 1. The van der Waals surface area contributed by atoms with E-state index in [4.69, 9.17) is 4.74 Å². The monoisotopic (exact) mass is 424 g/mol. The Morgan fingerprint density at radius 1 is 1.23 bits per heavy atom. The smallest absolute Gasteiger partial charge is 0.417 e. The number of carbonyl (C=O) groups excluding carboxylic acids is 1. The lowest BCUT2D eigenvalue weighted by Crippen LogP contribution is -2.41. The third-order valence-corrected chi connectivity index (χ3v) is 5.66. The predicted octanol–water partition coefficient (Wildman–Crippen LogP) is 4.15. The Kier molecular flexibility index (Phi) is 4.67. The molecule has 0 radical (unpaired) electrons. The van der Waals surface area contributed by atoms with Gasteiger partial charge in [-0.25, -0.2) is 14.2 Å². The minimum absolute atomic E-state index is 0.0685. The molecular weight excluding hydrogens is 408 g/mol. The molecule has 2 N–H and O–H groups in total. The Morgan fingerprint density at radius 3 is 2.53 bits per heavy atom. The maximum Gasteiger partial charge on any atom is 0.417 e. The lowest BCUT2D eigenvalue weighted by atomic mass is 9.69. The van der Waals surface area contributed by atoms with Crippen molar-refractivity contribution in [3.05, 3.63) is 53.0 Å². The molecule has 2 aromatic rings. The number of anilines is 1. The maximum atomic E-state index is 14.0. The third-order valence-electron chi connectivity index (χ3n) is 5.66. The molecule has 4 rings (SSSR count). The van der Waals surface area contributed by atoms with Crippen molar-refractivity contribution in [2.45, 2.75) is 43.4 Å². The van der Waals surface area contributed by atoms with Gasteiger partial charge in [0, 0.05) is 11.9 Å². The summed E-state index contributed by atoms with van der Waals surface area (Å²) in [5, 5.41) is 12.0. The number of nitrogens with zero attached hydrogens (tertiary/aromatic N) is 1. The van der Waals surface area contributed by atoms with E-state index in [2.05, 4.69) is 10.3 Å². The molecule has 0 atom stereocenters. The Balaban J connectivity index is 1.51. The fourth-order valence-corrected chi connectivity index (χ4v) is 4.07. The summed E-state index contributed by atoms with van der Waals surface area (Å²) in [7, 11) is 0. The van der Waals surface area contributed by atoms with Gasteiger partial charge >= 0.3 is 12.1 Å². The number of alkyl halides is 3. The number of rotatable bonds is 3. The first-order chi connectivity index (χ1) is 14.1. The van der Waals surface area contributed by atoms with Gasteiger partial charge in [-0.2, -0.15) is 13.2 Å². The summed E-state index contributed by atoms with van der Waals surface area (Å²) in [6.07, 6.45) is -3.44. The van der Waals surface area contributed by atoms with E-state index in [0.29, 0.717) is 49.2 Å². The minimum atomic E-state index is -4.71. The second-order valence-corrected chi connectivity index (χ2v) is 7.43. The number of nitrogens with one attached hydrogen (secondary N) is 1. The van der Waals surface area contributed by atoms with Gasteiger partial charge in [0.25, 0.3) is 5.88 Å². The molecule has 6 nitrogen and oxygen atoms in total. The summed E-state index contributed by atoms with van der Waals surface area (Å²) in [5.74, 6) is -3.07. The molecule has 1 aliphatic carbocycles. The fraction of sp³-hybridized carbons (Fsp3) is 0.350. The molecule has 10 heteroatoms. The van der Waals surface area contributed by atoms with Gasteiger partial charge in [0.15, 0.2) is 5.82 Å². The van der Waals surface area contributed by atoms with Crippen LogP contribution in [0.5, 0.6) is 5.88 Å². The van der Waals surface area contributed by atoms with E-state index in [1.807, 2.05) is 0 Å². The van der Waals surface area contributed by atoms with E-state index >= 15 is 0 Å². The van der Waals surface area contributed by atoms with Crippen LogP contribution in [0.2, 0.25) is 0 Å². The van der Waals surface area contributed by atoms with E-state index in [0.717, 1.165) is 0 Å². The number of aromatic carboxylic acids is 1. The van der Waals surface area contributed by atoms with Gasteiger partial charge in [-0.05, 0) is 55.5 Å². The van der Waals surface area contributed by atoms with Crippen LogP contribution in [0, 0.1) is 5.82 Å². The van der Waals surface area contributed by atoms with Crippen LogP contribution in [-0.2, 0) is 16.4 Å². The first-order valence-electron chi connectivity index (χ1n) is 9.19. The van der Waals surface area contributed by atoms with E-state index in [1.54, 1.807) is 6.07 Å². The molecule has 1 spiro atoms.